The summed E-state index contributed by atoms with van der Waals surface area (Å²) in [6, 6.07) is 0.180. The number of carbonyl (C=O) groups excluding carboxylic acids is 1. The van der Waals surface area contributed by atoms with Crippen LogP contribution in [0.2, 0.25) is 0 Å². The van der Waals surface area contributed by atoms with Crippen molar-refractivity contribution >= 4 is 5.91 Å². The van der Waals surface area contributed by atoms with Crippen LogP contribution < -0.4 is 5.32 Å². The molecular formula is C16H30N2O2. The SMILES string of the molecule is CCOCC(C(C)C)N1C(=O)C2(CCCC2)NC1CC. The third-order valence-electron chi connectivity index (χ3n) is 4.89. The number of carbonyl (C=O) groups is 1. The molecule has 0 aromatic rings. The molecule has 2 rings (SSSR count). The molecule has 1 saturated heterocycles. The summed E-state index contributed by atoms with van der Waals surface area (Å²) < 4.78 is 5.64. The standard InChI is InChI=1S/C16H30N2O2/c1-5-14-17-16(9-7-8-10-16)15(19)18(14)13(12(3)4)11-20-6-2/h12-14,17H,5-11H2,1-4H3. The number of hydrogen-bond donors (Lipinski definition) is 1. The zero-order valence-electron chi connectivity index (χ0n) is 13.4. The van der Waals surface area contributed by atoms with Gasteiger partial charge < -0.3 is 9.64 Å². The molecular weight excluding hydrogens is 252 g/mol. The minimum absolute atomic E-state index is 0.174. The summed E-state index contributed by atoms with van der Waals surface area (Å²) in [5, 5.41) is 3.65. The minimum Gasteiger partial charge on any atom is -0.380 e. The normalized spacial score (nSPS) is 26.9. The van der Waals surface area contributed by atoms with Gasteiger partial charge in [0.05, 0.1) is 24.4 Å². The minimum atomic E-state index is -0.264. The Kier molecular flexibility index (Phi) is 5.08. The average molecular weight is 282 g/mol. The van der Waals surface area contributed by atoms with Crippen LogP contribution in [0.1, 0.15) is 59.8 Å². The van der Waals surface area contributed by atoms with Crippen molar-refractivity contribution in [3.8, 4) is 0 Å². The predicted molar refractivity (Wildman–Crippen MR) is 80.4 cm³/mol. The van der Waals surface area contributed by atoms with Gasteiger partial charge in [0.25, 0.3) is 0 Å². The van der Waals surface area contributed by atoms with Crippen LogP contribution in [-0.4, -0.2) is 41.8 Å². The Bertz CT molecular complexity index is 337. The molecule has 116 valence electrons. The quantitative estimate of drug-likeness (QED) is 0.814. The lowest BCUT2D eigenvalue weighted by Crippen LogP contribution is -2.49. The Morgan fingerprint density at radius 1 is 1.35 bits per heavy atom. The maximum atomic E-state index is 13.0. The smallest absolute Gasteiger partial charge is 0.244 e. The summed E-state index contributed by atoms with van der Waals surface area (Å²) in [4.78, 5) is 15.1. The second kappa shape index (κ2) is 6.44. The second-order valence-corrected chi connectivity index (χ2v) is 6.54. The summed E-state index contributed by atoms with van der Waals surface area (Å²) in [6.45, 7) is 9.89. The van der Waals surface area contributed by atoms with Crippen LogP contribution >= 0.6 is 0 Å². The number of rotatable bonds is 6. The highest BCUT2D eigenvalue weighted by Gasteiger charge is 2.53. The van der Waals surface area contributed by atoms with Crippen LogP contribution in [0.15, 0.2) is 0 Å². The summed E-state index contributed by atoms with van der Waals surface area (Å²) in [5.41, 5.74) is -0.264. The van der Waals surface area contributed by atoms with Gasteiger partial charge in [-0.25, -0.2) is 0 Å². The maximum Gasteiger partial charge on any atom is 0.244 e. The molecule has 1 amide bonds. The lowest BCUT2D eigenvalue weighted by Gasteiger charge is -2.35. The zero-order valence-corrected chi connectivity index (χ0v) is 13.4. The Balaban J connectivity index is 2.20. The second-order valence-electron chi connectivity index (χ2n) is 6.54. The van der Waals surface area contributed by atoms with E-state index in [1.54, 1.807) is 0 Å². The van der Waals surface area contributed by atoms with Gasteiger partial charge in [0.1, 0.15) is 0 Å². The van der Waals surface area contributed by atoms with Crippen molar-refractivity contribution in [2.45, 2.75) is 77.5 Å². The van der Waals surface area contributed by atoms with Crippen LogP contribution in [-0.2, 0) is 9.53 Å². The molecule has 2 atom stereocenters. The van der Waals surface area contributed by atoms with E-state index >= 15 is 0 Å². The summed E-state index contributed by atoms with van der Waals surface area (Å²) in [7, 11) is 0. The van der Waals surface area contributed by atoms with E-state index in [4.69, 9.17) is 4.74 Å². The fraction of sp³-hybridized carbons (Fsp3) is 0.938. The first-order valence-electron chi connectivity index (χ1n) is 8.24. The van der Waals surface area contributed by atoms with Gasteiger partial charge in [0.15, 0.2) is 0 Å². The third-order valence-corrected chi connectivity index (χ3v) is 4.89. The monoisotopic (exact) mass is 282 g/mol. The summed E-state index contributed by atoms with van der Waals surface area (Å²) >= 11 is 0. The van der Waals surface area contributed by atoms with Crippen LogP contribution in [0.25, 0.3) is 0 Å². The molecule has 1 saturated carbocycles. The molecule has 0 aromatic heterocycles. The van der Waals surface area contributed by atoms with Gasteiger partial charge in [-0.3, -0.25) is 10.1 Å². The Morgan fingerprint density at radius 2 is 2.00 bits per heavy atom. The highest BCUT2D eigenvalue weighted by molar-refractivity contribution is 5.89. The van der Waals surface area contributed by atoms with Crippen molar-refractivity contribution in [1.29, 1.82) is 0 Å². The molecule has 4 nitrogen and oxygen atoms in total. The summed E-state index contributed by atoms with van der Waals surface area (Å²) in [6.07, 6.45) is 5.47. The number of hydrogen-bond acceptors (Lipinski definition) is 3. The molecule has 1 heterocycles. The van der Waals surface area contributed by atoms with Gasteiger partial charge >= 0.3 is 0 Å². The van der Waals surface area contributed by atoms with E-state index in [1.807, 2.05) is 6.92 Å². The van der Waals surface area contributed by atoms with Crippen LogP contribution in [0, 0.1) is 5.92 Å². The number of nitrogens with zero attached hydrogens (tertiary/aromatic N) is 1. The Labute approximate surface area is 123 Å². The molecule has 0 radical (unpaired) electrons. The summed E-state index contributed by atoms with van der Waals surface area (Å²) in [5.74, 6) is 0.734. The van der Waals surface area contributed by atoms with Crippen molar-refractivity contribution in [3.63, 3.8) is 0 Å². The van der Waals surface area contributed by atoms with Crippen LogP contribution in [0.5, 0.6) is 0 Å². The van der Waals surface area contributed by atoms with Gasteiger partial charge in [-0.1, -0.05) is 33.6 Å². The number of ether oxygens (including phenoxy) is 1. The van der Waals surface area contributed by atoms with Crippen molar-refractivity contribution < 1.29 is 9.53 Å². The number of nitrogens with one attached hydrogen (secondary N) is 1. The van der Waals surface area contributed by atoms with Crippen molar-refractivity contribution in [2.75, 3.05) is 13.2 Å². The molecule has 0 bridgehead atoms. The van der Waals surface area contributed by atoms with E-state index in [2.05, 4.69) is 31.0 Å². The zero-order chi connectivity index (χ0) is 14.8. The molecule has 1 aliphatic heterocycles. The third kappa shape index (κ3) is 2.73. The van der Waals surface area contributed by atoms with E-state index in [-0.39, 0.29) is 17.7 Å². The molecule has 1 aliphatic carbocycles. The van der Waals surface area contributed by atoms with Gasteiger partial charge in [0.2, 0.25) is 5.91 Å². The van der Waals surface area contributed by atoms with Gasteiger partial charge in [0, 0.05) is 6.61 Å². The first-order chi connectivity index (χ1) is 9.55. The van der Waals surface area contributed by atoms with E-state index in [0.29, 0.717) is 25.0 Å². The fourth-order valence-corrected chi connectivity index (χ4v) is 3.69. The lowest BCUT2D eigenvalue weighted by molar-refractivity contribution is -0.137. The predicted octanol–water partition coefficient (Wildman–Crippen LogP) is 2.53. The average Bonchev–Trinajstić information content (AvgIpc) is 2.99. The molecule has 2 aliphatic rings. The van der Waals surface area contributed by atoms with E-state index in [9.17, 15) is 4.79 Å². The molecule has 20 heavy (non-hydrogen) atoms. The molecule has 1 spiro atoms. The van der Waals surface area contributed by atoms with Crippen molar-refractivity contribution in [3.05, 3.63) is 0 Å². The molecule has 2 fully saturated rings. The highest BCUT2D eigenvalue weighted by atomic mass is 16.5. The molecule has 2 unspecified atom stereocenters. The Morgan fingerprint density at radius 3 is 2.50 bits per heavy atom. The first kappa shape index (κ1) is 15.8. The molecule has 4 heteroatoms. The van der Waals surface area contributed by atoms with Crippen molar-refractivity contribution in [1.82, 2.24) is 10.2 Å². The topological polar surface area (TPSA) is 41.6 Å². The van der Waals surface area contributed by atoms with Crippen LogP contribution in [0.3, 0.4) is 0 Å². The largest absolute Gasteiger partial charge is 0.380 e. The maximum absolute atomic E-state index is 13.0. The van der Waals surface area contributed by atoms with Gasteiger partial charge in [-0.2, -0.15) is 0 Å². The van der Waals surface area contributed by atoms with Gasteiger partial charge in [-0.15, -0.1) is 0 Å². The number of amides is 1. The molecule has 0 aromatic carbocycles. The fourth-order valence-electron chi connectivity index (χ4n) is 3.69. The van der Waals surface area contributed by atoms with E-state index in [1.165, 1.54) is 12.8 Å². The van der Waals surface area contributed by atoms with Crippen molar-refractivity contribution in [2.24, 2.45) is 5.92 Å². The van der Waals surface area contributed by atoms with E-state index < -0.39 is 0 Å². The molecule has 1 N–H and O–H groups in total. The van der Waals surface area contributed by atoms with E-state index in [0.717, 1.165) is 19.3 Å². The lowest BCUT2D eigenvalue weighted by atomic mass is 9.96. The Hall–Kier alpha value is -0.610. The highest BCUT2D eigenvalue weighted by Crippen LogP contribution is 2.38. The first-order valence-corrected chi connectivity index (χ1v) is 8.24. The van der Waals surface area contributed by atoms with Gasteiger partial charge in [-0.05, 0) is 32.1 Å². The van der Waals surface area contributed by atoms with Crippen LogP contribution in [0.4, 0.5) is 0 Å².